The first-order valence-corrected chi connectivity index (χ1v) is 5.22. The molecule has 0 spiro atoms. The maximum atomic E-state index is 13.4. The van der Waals surface area contributed by atoms with Gasteiger partial charge in [0.25, 0.3) is 5.91 Å². The molecule has 0 aliphatic carbocycles. The number of carbonyl (C=O) groups excluding carboxylic acids is 1. The zero-order valence-corrected chi connectivity index (χ0v) is 10.5. The quantitative estimate of drug-likeness (QED) is 0.728. The van der Waals surface area contributed by atoms with Crippen molar-refractivity contribution in [1.29, 1.82) is 0 Å². The highest BCUT2D eigenvalue weighted by Crippen LogP contribution is 2.37. The number of hydrogen-bond acceptors (Lipinski definition) is 1. The second-order valence-corrected chi connectivity index (χ2v) is 4.27. The van der Waals surface area contributed by atoms with Crippen LogP contribution >= 0.6 is 15.9 Å². The second kappa shape index (κ2) is 4.64. The van der Waals surface area contributed by atoms with Gasteiger partial charge in [0, 0.05) is 18.6 Å². The number of nitrogens with zero attached hydrogens (tertiary/aromatic N) is 1. The molecule has 0 bridgehead atoms. The molecule has 0 N–H and O–H groups in total. The van der Waals surface area contributed by atoms with Gasteiger partial charge in [-0.1, -0.05) is 0 Å². The first kappa shape index (κ1) is 14.0. The molecule has 0 aliphatic rings. The number of hydrogen-bond donors (Lipinski definition) is 0. The van der Waals surface area contributed by atoms with Crippen molar-refractivity contribution in [2.45, 2.75) is 6.18 Å². The standard InChI is InChI=1S/C10H8BrF4NO/c1-16(2)9(17)7-6(12)4-3-5(8(7)11)10(13,14)15/h3-4H,1-2H3. The Morgan fingerprint density at radius 1 is 1.29 bits per heavy atom. The fourth-order valence-electron chi connectivity index (χ4n) is 1.19. The Hall–Kier alpha value is -1.11. The van der Waals surface area contributed by atoms with Gasteiger partial charge in [-0.3, -0.25) is 4.79 Å². The SMILES string of the molecule is CN(C)C(=O)c1c(F)ccc(C(F)(F)F)c1Br. The molecule has 1 aromatic rings. The van der Waals surface area contributed by atoms with Crippen LogP contribution in [0.15, 0.2) is 16.6 Å². The molecule has 1 aromatic carbocycles. The summed E-state index contributed by atoms with van der Waals surface area (Å²) in [4.78, 5) is 12.6. The second-order valence-electron chi connectivity index (χ2n) is 3.48. The lowest BCUT2D eigenvalue weighted by Crippen LogP contribution is -2.24. The first-order chi connectivity index (χ1) is 7.66. The smallest absolute Gasteiger partial charge is 0.345 e. The summed E-state index contributed by atoms with van der Waals surface area (Å²) >= 11 is 2.63. The van der Waals surface area contributed by atoms with Crippen molar-refractivity contribution >= 4 is 21.8 Å². The lowest BCUT2D eigenvalue weighted by Gasteiger charge is -2.16. The summed E-state index contributed by atoms with van der Waals surface area (Å²) in [6.07, 6.45) is -4.64. The summed E-state index contributed by atoms with van der Waals surface area (Å²) in [5.41, 5.74) is -1.70. The molecular weight excluding hydrogens is 306 g/mol. The van der Waals surface area contributed by atoms with Crippen molar-refractivity contribution in [1.82, 2.24) is 4.90 Å². The van der Waals surface area contributed by atoms with E-state index in [9.17, 15) is 22.4 Å². The molecule has 17 heavy (non-hydrogen) atoms. The van der Waals surface area contributed by atoms with Crippen molar-refractivity contribution < 1.29 is 22.4 Å². The maximum absolute atomic E-state index is 13.4. The number of benzene rings is 1. The van der Waals surface area contributed by atoms with Crippen LogP contribution in [0.4, 0.5) is 17.6 Å². The van der Waals surface area contributed by atoms with Gasteiger partial charge in [0.2, 0.25) is 0 Å². The molecular formula is C10H8BrF4NO. The van der Waals surface area contributed by atoms with E-state index in [1.807, 2.05) is 0 Å². The van der Waals surface area contributed by atoms with Crippen LogP contribution < -0.4 is 0 Å². The molecule has 0 saturated heterocycles. The van der Waals surface area contributed by atoms with Crippen molar-refractivity contribution in [2.75, 3.05) is 14.1 Å². The van der Waals surface area contributed by atoms with E-state index in [4.69, 9.17) is 0 Å². The van der Waals surface area contributed by atoms with Crippen molar-refractivity contribution in [3.63, 3.8) is 0 Å². The third-order valence-electron chi connectivity index (χ3n) is 2.02. The Labute approximate surface area is 103 Å². The normalized spacial score (nSPS) is 11.5. The molecule has 0 saturated carbocycles. The lowest BCUT2D eigenvalue weighted by atomic mass is 10.1. The number of amides is 1. The monoisotopic (exact) mass is 313 g/mol. The van der Waals surface area contributed by atoms with Crippen molar-refractivity contribution in [3.05, 3.63) is 33.5 Å². The highest BCUT2D eigenvalue weighted by atomic mass is 79.9. The topological polar surface area (TPSA) is 20.3 Å². The molecule has 2 nitrogen and oxygen atoms in total. The van der Waals surface area contributed by atoms with Crippen LogP contribution in [-0.2, 0) is 6.18 Å². The van der Waals surface area contributed by atoms with E-state index in [1.54, 1.807) is 0 Å². The average molecular weight is 314 g/mol. The van der Waals surface area contributed by atoms with E-state index in [0.29, 0.717) is 12.1 Å². The predicted octanol–water partition coefficient (Wildman–Crippen LogP) is 3.31. The predicted molar refractivity (Wildman–Crippen MR) is 57.1 cm³/mol. The largest absolute Gasteiger partial charge is 0.417 e. The third kappa shape index (κ3) is 2.77. The van der Waals surface area contributed by atoms with Crippen molar-refractivity contribution in [2.24, 2.45) is 0 Å². The first-order valence-electron chi connectivity index (χ1n) is 4.43. The van der Waals surface area contributed by atoms with Gasteiger partial charge < -0.3 is 4.90 Å². The Morgan fingerprint density at radius 2 is 1.82 bits per heavy atom. The minimum atomic E-state index is -4.64. The molecule has 0 fully saturated rings. The van der Waals surface area contributed by atoms with Crippen LogP contribution in [0.2, 0.25) is 0 Å². The Balaban J connectivity index is 3.46. The van der Waals surface area contributed by atoms with E-state index in [-0.39, 0.29) is 0 Å². The van der Waals surface area contributed by atoms with Crippen LogP contribution in [0.3, 0.4) is 0 Å². The minimum absolute atomic E-state index is 0.580. The summed E-state index contributed by atoms with van der Waals surface area (Å²) < 4.78 is 50.4. The van der Waals surface area contributed by atoms with Crippen LogP contribution in [0, 0.1) is 5.82 Å². The maximum Gasteiger partial charge on any atom is 0.417 e. The summed E-state index contributed by atoms with van der Waals surface area (Å²) in [5.74, 6) is -1.83. The van der Waals surface area contributed by atoms with Crippen LogP contribution in [0.1, 0.15) is 15.9 Å². The summed E-state index contributed by atoms with van der Waals surface area (Å²) in [5, 5.41) is 0. The molecule has 0 atom stereocenters. The zero-order valence-electron chi connectivity index (χ0n) is 8.90. The zero-order chi connectivity index (χ0) is 13.4. The molecule has 0 heterocycles. The van der Waals surface area contributed by atoms with Gasteiger partial charge in [0.05, 0.1) is 11.1 Å². The molecule has 0 unspecified atom stereocenters. The van der Waals surface area contributed by atoms with Crippen LogP contribution in [0.5, 0.6) is 0 Å². The van der Waals surface area contributed by atoms with E-state index < -0.39 is 33.5 Å². The fourth-order valence-corrected chi connectivity index (χ4v) is 1.91. The minimum Gasteiger partial charge on any atom is -0.345 e. The molecule has 0 aliphatic heterocycles. The Bertz CT molecular complexity index is 456. The number of rotatable bonds is 1. The summed E-state index contributed by atoms with van der Waals surface area (Å²) in [6, 6.07) is 1.22. The highest BCUT2D eigenvalue weighted by Gasteiger charge is 2.35. The van der Waals surface area contributed by atoms with Crippen molar-refractivity contribution in [3.8, 4) is 0 Å². The van der Waals surface area contributed by atoms with Gasteiger partial charge in [-0.15, -0.1) is 0 Å². The molecule has 0 aromatic heterocycles. The van der Waals surface area contributed by atoms with Crippen LogP contribution in [0.25, 0.3) is 0 Å². The van der Waals surface area contributed by atoms with Gasteiger partial charge in [0.15, 0.2) is 0 Å². The summed E-state index contributed by atoms with van der Waals surface area (Å²) in [7, 11) is 2.66. The van der Waals surface area contributed by atoms with Gasteiger partial charge >= 0.3 is 6.18 Å². The third-order valence-corrected chi connectivity index (χ3v) is 2.84. The molecule has 1 amide bonds. The van der Waals surface area contributed by atoms with E-state index in [2.05, 4.69) is 15.9 Å². The van der Waals surface area contributed by atoms with E-state index in [1.165, 1.54) is 14.1 Å². The van der Waals surface area contributed by atoms with Gasteiger partial charge in [-0.05, 0) is 28.1 Å². The Morgan fingerprint density at radius 3 is 2.24 bits per heavy atom. The number of carbonyl (C=O) groups is 1. The molecule has 94 valence electrons. The molecule has 0 radical (unpaired) electrons. The summed E-state index contributed by atoms with van der Waals surface area (Å²) in [6.45, 7) is 0. The average Bonchev–Trinajstić information content (AvgIpc) is 2.14. The lowest BCUT2D eigenvalue weighted by molar-refractivity contribution is -0.138. The fraction of sp³-hybridized carbons (Fsp3) is 0.300. The van der Waals surface area contributed by atoms with Gasteiger partial charge in [-0.25, -0.2) is 4.39 Å². The molecule has 1 rings (SSSR count). The molecule has 7 heteroatoms. The van der Waals surface area contributed by atoms with Gasteiger partial charge in [0.1, 0.15) is 5.82 Å². The number of alkyl halides is 3. The van der Waals surface area contributed by atoms with E-state index in [0.717, 1.165) is 4.90 Å². The van der Waals surface area contributed by atoms with E-state index >= 15 is 0 Å². The highest BCUT2D eigenvalue weighted by molar-refractivity contribution is 9.10. The van der Waals surface area contributed by atoms with Crippen LogP contribution in [-0.4, -0.2) is 24.9 Å². The van der Waals surface area contributed by atoms with Gasteiger partial charge in [-0.2, -0.15) is 13.2 Å². The Kier molecular flexibility index (Phi) is 3.81. The number of halogens is 5.